The molecule has 1 N–H and O–H groups in total. The van der Waals surface area contributed by atoms with Crippen LogP contribution in [-0.4, -0.2) is 16.7 Å². The van der Waals surface area contributed by atoms with Crippen LogP contribution in [0.5, 0.6) is 0 Å². The van der Waals surface area contributed by atoms with Gasteiger partial charge in [0.05, 0.1) is 10.7 Å². The molecule has 0 saturated heterocycles. The molecule has 0 radical (unpaired) electrons. The molecule has 0 aliphatic heterocycles. The van der Waals surface area contributed by atoms with E-state index in [1.807, 2.05) is 0 Å². The first-order chi connectivity index (χ1) is 8.28. The summed E-state index contributed by atoms with van der Waals surface area (Å²) in [7, 11) is 0. The molecule has 3 heteroatoms. The highest BCUT2D eigenvalue weighted by atomic mass is 32.1. The monoisotopic (exact) mass is 247 g/mol. The van der Waals surface area contributed by atoms with Gasteiger partial charge in [0.15, 0.2) is 0 Å². The van der Waals surface area contributed by atoms with Crippen molar-refractivity contribution in [1.29, 1.82) is 0 Å². The number of thiazole rings is 1. The van der Waals surface area contributed by atoms with Gasteiger partial charge in [0.25, 0.3) is 0 Å². The minimum Gasteiger partial charge on any atom is -0.396 e. The molecule has 1 aromatic heterocycles. The van der Waals surface area contributed by atoms with Gasteiger partial charge in [-0.3, -0.25) is 0 Å². The number of aliphatic hydroxyl groups is 1. The zero-order chi connectivity index (χ0) is 12.1. The Morgan fingerprint density at radius 3 is 3.00 bits per heavy atom. The van der Waals surface area contributed by atoms with Crippen molar-refractivity contribution in [2.45, 2.75) is 26.2 Å². The Balaban J connectivity index is 2.01. The first-order valence-corrected chi connectivity index (χ1v) is 6.75. The fraction of sp³-hybridized carbons (Fsp3) is 0.357. The SMILES string of the molecule is Cc1cccc(Cc2nc(CCCO)cs2)c1. The van der Waals surface area contributed by atoms with Crippen LogP contribution in [0.1, 0.15) is 28.2 Å². The number of hydrogen-bond acceptors (Lipinski definition) is 3. The predicted octanol–water partition coefficient (Wildman–Crippen LogP) is 2.97. The number of hydrogen-bond donors (Lipinski definition) is 1. The lowest BCUT2D eigenvalue weighted by molar-refractivity contribution is 0.288. The van der Waals surface area contributed by atoms with E-state index in [-0.39, 0.29) is 6.61 Å². The molecule has 0 aliphatic carbocycles. The minimum atomic E-state index is 0.241. The van der Waals surface area contributed by atoms with Crippen LogP contribution in [0.15, 0.2) is 29.6 Å². The molecular weight excluding hydrogens is 230 g/mol. The molecule has 2 aromatic rings. The Labute approximate surface area is 106 Å². The van der Waals surface area contributed by atoms with Gasteiger partial charge in [-0.25, -0.2) is 4.98 Å². The van der Waals surface area contributed by atoms with Crippen LogP contribution >= 0.6 is 11.3 Å². The molecule has 2 rings (SSSR count). The van der Waals surface area contributed by atoms with Crippen molar-refractivity contribution in [1.82, 2.24) is 4.98 Å². The summed E-state index contributed by atoms with van der Waals surface area (Å²) in [6, 6.07) is 8.54. The Bertz CT molecular complexity index is 479. The Morgan fingerprint density at radius 2 is 2.24 bits per heavy atom. The average Bonchev–Trinajstić information content (AvgIpc) is 2.74. The average molecular weight is 247 g/mol. The lowest BCUT2D eigenvalue weighted by Gasteiger charge is -1.99. The zero-order valence-corrected chi connectivity index (χ0v) is 10.8. The van der Waals surface area contributed by atoms with E-state index in [1.165, 1.54) is 11.1 Å². The third-order valence-corrected chi connectivity index (χ3v) is 3.53. The zero-order valence-electron chi connectivity index (χ0n) is 10.0. The lowest BCUT2D eigenvalue weighted by Crippen LogP contribution is -1.92. The second-order valence-corrected chi connectivity index (χ2v) is 5.17. The fourth-order valence-corrected chi connectivity index (χ4v) is 2.66. The molecule has 0 saturated carbocycles. The molecule has 1 aromatic carbocycles. The largest absolute Gasteiger partial charge is 0.396 e. The van der Waals surface area contributed by atoms with Crippen molar-refractivity contribution < 1.29 is 5.11 Å². The van der Waals surface area contributed by atoms with E-state index < -0.39 is 0 Å². The van der Waals surface area contributed by atoms with Crippen molar-refractivity contribution in [3.05, 3.63) is 51.5 Å². The van der Waals surface area contributed by atoms with Crippen molar-refractivity contribution in [2.24, 2.45) is 0 Å². The Morgan fingerprint density at radius 1 is 1.35 bits per heavy atom. The van der Waals surface area contributed by atoms with Crippen molar-refractivity contribution in [2.75, 3.05) is 6.61 Å². The van der Waals surface area contributed by atoms with E-state index in [4.69, 9.17) is 5.11 Å². The summed E-state index contributed by atoms with van der Waals surface area (Å²) in [6.07, 6.45) is 2.58. The third-order valence-electron chi connectivity index (χ3n) is 2.63. The fourth-order valence-electron chi connectivity index (χ4n) is 1.80. The Kier molecular flexibility index (Phi) is 4.29. The van der Waals surface area contributed by atoms with Gasteiger partial charge in [0.2, 0.25) is 0 Å². The maximum absolute atomic E-state index is 8.78. The van der Waals surface area contributed by atoms with Crippen molar-refractivity contribution in [3.63, 3.8) is 0 Å². The summed E-state index contributed by atoms with van der Waals surface area (Å²) >= 11 is 1.71. The van der Waals surface area contributed by atoms with Gasteiger partial charge in [-0.2, -0.15) is 0 Å². The molecule has 17 heavy (non-hydrogen) atoms. The van der Waals surface area contributed by atoms with E-state index in [0.29, 0.717) is 0 Å². The number of aliphatic hydroxyl groups excluding tert-OH is 1. The number of rotatable bonds is 5. The van der Waals surface area contributed by atoms with Crippen LogP contribution in [-0.2, 0) is 12.8 Å². The van der Waals surface area contributed by atoms with E-state index in [2.05, 4.69) is 41.6 Å². The van der Waals surface area contributed by atoms with E-state index >= 15 is 0 Å². The number of aromatic nitrogens is 1. The van der Waals surface area contributed by atoms with E-state index in [0.717, 1.165) is 30.0 Å². The standard InChI is InChI=1S/C14H17NOS/c1-11-4-2-5-12(8-11)9-14-15-13(10-17-14)6-3-7-16/h2,4-5,8,10,16H,3,6-7,9H2,1H3. The molecular formula is C14H17NOS. The highest BCUT2D eigenvalue weighted by Crippen LogP contribution is 2.16. The molecule has 0 bridgehead atoms. The quantitative estimate of drug-likeness (QED) is 0.881. The van der Waals surface area contributed by atoms with Crippen LogP contribution in [0.3, 0.4) is 0 Å². The molecule has 90 valence electrons. The Hall–Kier alpha value is -1.19. The molecule has 1 heterocycles. The van der Waals surface area contributed by atoms with E-state index in [1.54, 1.807) is 11.3 Å². The van der Waals surface area contributed by atoms with Crippen LogP contribution in [0.25, 0.3) is 0 Å². The van der Waals surface area contributed by atoms with Gasteiger partial charge in [-0.15, -0.1) is 11.3 Å². The van der Waals surface area contributed by atoms with Crippen molar-refractivity contribution >= 4 is 11.3 Å². The molecule has 2 nitrogen and oxygen atoms in total. The lowest BCUT2D eigenvalue weighted by atomic mass is 10.1. The molecule has 0 atom stereocenters. The summed E-state index contributed by atoms with van der Waals surface area (Å²) in [6.45, 7) is 2.35. The van der Waals surface area contributed by atoms with Crippen LogP contribution < -0.4 is 0 Å². The van der Waals surface area contributed by atoms with Gasteiger partial charge in [-0.05, 0) is 25.3 Å². The van der Waals surface area contributed by atoms with Gasteiger partial charge >= 0.3 is 0 Å². The summed E-state index contributed by atoms with van der Waals surface area (Å²) in [4.78, 5) is 4.58. The van der Waals surface area contributed by atoms with Crippen LogP contribution in [0.2, 0.25) is 0 Å². The predicted molar refractivity (Wildman–Crippen MR) is 71.5 cm³/mol. The van der Waals surface area contributed by atoms with Gasteiger partial charge in [-0.1, -0.05) is 29.8 Å². The van der Waals surface area contributed by atoms with Crippen LogP contribution in [0.4, 0.5) is 0 Å². The molecule has 0 spiro atoms. The summed E-state index contributed by atoms with van der Waals surface area (Å²) < 4.78 is 0. The second-order valence-electron chi connectivity index (χ2n) is 4.23. The topological polar surface area (TPSA) is 33.1 Å². The maximum Gasteiger partial charge on any atom is 0.0972 e. The summed E-state index contributed by atoms with van der Waals surface area (Å²) in [5.41, 5.74) is 3.71. The van der Waals surface area contributed by atoms with E-state index in [9.17, 15) is 0 Å². The summed E-state index contributed by atoms with van der Waals surface area (Å²) in [5, 5.41) is 12.0. The highest BCUT2D eigenvalue weighted by molar-refractivity contribution is 7.09. The van der Waals surface area contributed by atoms with Gasteiger partial charge < -0.3 is 5.11 Å². The first-order valence-electron chi connectivity index (χ1n) is 5.87. The van der Waals surface area contributed by atoms with Crippen LogP contribution in [0, 0.1) is 6.92 Å². The number of nitrogens with zero attached hydrogens (tertiary/aromatic N) is 1. The van der Waals surface area contributed by atoms with Gasteiger partial charge in [0, 0.05) is 18.4 Å². The van der Waals surface area contributed by atoms with Crippen molar-refractivity contribution in [3.8, 4) is 0 Å². The smallest absolute Gasteiger partial charge is 0.0972 e. The first kappa shape index (κ1) is 12.3. The normalized spacial score (nSPS) is 10.7. The third kappa shape index (κ3) is 3.65. The second kappa shape index (κ2) is 5.94. The highest BCUT2D eigenvalue weighted by Gasteiger charge is 2.03. The summed E-state index contributed by atoms with van der Waals surface area (Å²) in [5.74, 6) is 0. The molecule has 0 amide bonds. The van der Waals surface area contributed by atoms with Gasteiger partial charge in [0.1, 0.15) is 0 Å². The number of benzene rings is 1. The minimum absolute atomic E-state index is 0.241. The molecule has 0 fully saturated rings. The maximum atomic E-state index is 8.78. The molecule has 0 unspecified atom stereocenters. The molecule has 0 aliphatic rings. The number of aryl methyl sites for hydroxylation is 2.